The maximum absolute atomic E-state index is 12.4. The number of thioether (sulfide) groups is 1. The molecule has 2 heterocycles. The first-order valence-electron chi connectivity index (χ1n) is 7.52. The lowest BCUT2D eigenvalue weighted by Gasteiger charge is -2.43. The van der Waals surface area contributed by atoms with Crippen LogP contribution in [0.4, 0.5) is 0 Å². The normalized spacial score (nSPS) is 28.5. The van der Waals surface area contributed by atoms with Crippen LogP contribution in [0.25, 0.3) is 0 Å². The molecule has 0 aromatic carbocycles. The van der Waals surface area contributed by atoms with Gasteiger partial charge in [0.25, 0.3) is 0 Å². The van der Waals surface area contributed by atoms with E-state index in [4.69, 9.17) is 10.5 Å². The molecule has 110 valence electrons. The molecule has 2 aliphatic heterocycles. The molecule has 1 spiro atoms. The van der Waals surface area contributed by atoms with E-state index in [-0.39, 0.29) is 17.6 Å². The highest BCUT2D eigenvalue weighted by Gasteiger charge is 2.40. The van der Waals surface area contributed by atoms with Crippen LogP contribution >= 0.6 is 11.8 Å². The van der Waals surface area contributed by atoms with Gasteiger partial charge in [0.1, 0.15) is 5.78 Å². The van der Waals surface area contributed by atoms with E-state index in [0.29, 0.717) is 18.1 Å². The second kappa shape index (κ2) is 6.59. The van der Waals surface area contributed by atoms with Crippen LogP contribution in [0.3, 0.4) is 0 Å². The van der Waals surface area contributed by atoms with E-state index in [1.54, 1.807) is 0 Å². The highest BCUT2D eigenvalue weighted by molar-refractivity contribution is 7.99. The van der Waals surface area contributed by atoms with Crippen LogP contribution in [0, 0.1) is 11.8 Å². The average molecular weight is 285 g/mol. The number of Topliss-reactive ketones (excluding diaryl/α,β-unsaturated/α-hetero) is 1. The van der Waals surface area contributed by atoms with Crippen molar-refractivity contribution in [1.82, 2.24) is 0 Å². The summed E-state index contributed by atoms with van der Waals surface area (Å²) in [5.41, 5.74) is 6.04. The highest BCUT2D eigenvalue weighted by atomic mass is 32.2. The van der Waals surface area contributed by atoms with Crippen LogP contribution in [0.15, 0.2) is 0 Å². The van der Waals surface area contributed by atoms with E-state index in [2.05, 4.69) is 13.8 Å². The Balaban J connectivity index is 1.91. The maximum Gasteiger partial charge on any atom is 0.137 e. The number of ketones is 1. The van der Waals surface area contributed by atoms with Crippen molar-refractivity contribution < 1.29 is 9.53 Å². The molecule has 0 aromatic heterocycles. The van der Waals surface area contributed by atoms with Crippen molar-refractivity contribution in [3.05, 3.63) is 0 Å². The van der Waals surface area contributed by atoms with Gasteiger partial charge in [-0.1, -0.05) is 13.8 Å². The number of hydrogen-bond donors (Lipinski definition) is 1. The SMILES string of the molecule is CC(C)C(N)CC(=O)C1CCOC2(CCSCC2)C1. The summed E-state index contributed by atoms with van der Waals surface area (Å²) in [5, 5.41) is 0. The van der Waals surface area contributed by atoms with E-state index >= 15 is 0 Å². The van der Waals surface area contributed by atoms with E-state index in [0.717, 1.165) is 32.3 Å². The first-order valence-corrected chi connectivity index (χ1v) is 8.68. The molecule has 0 aliphatic carbocycles. The third-order valence-corrected chi connectivity index (χ3v) is 5.63. The minimum atomic E-state index is 0.00571. The van der Waals surface area contributed by atoms with Crippen LogP contribution in [-0.2, 0) is 9.53 Å². The third kappa shape index (κ3) is 3.96. The molecule has 3 nitrogen and oxygen atoms in total. The molecular weight excluding hydrogens is 258 g/mol. The molecule has 2 aliphatic rings. The minimum absolute atomic E-state index is 0.00571. The Hall–Kier alpha value is -0.0600. The Labute approximate surface area is 121 Å². The van der Waals surface area contributed by atoms with Gasteiger partial charge < -0.3 is 10.5 Å². The van der Waals surface area contributed by atoms with Gasteiger partial charge in [-0.05, 0) is 43.1 Å². The van der Waals surface area contributed by atoms with Gasteiger partial charge in [-0.15, -0.1) is 0 Å². The largest absolute Gasteiger partial charge is 0.375 e. The number of carbonyl (C=O) groups is 1. The molecule has 2 rings (SSSR count). The van der Waals surface area contributed by atoms with Gasteiger partial charge in [-0.3, -0.25) is 4.79 Å². The molecular formula is C15H27NO2S. The summed E-state index contributed by atoms with van der Waals surface area (Å²) in [6, 6.07) is 0.00760. The number of carbonyl (C=O) groups excluding carboxylic acids is 1. The monoisotopic (exact) mass is 285 g/mol. The van der Waals surface area contributed by atoms with Crippen molar-refractivity contribution in [1.29, 1.82) is 0 Å². The molecule has 2 N–H and O–H groups in total. The molecule has 2 saturated heterocycles. The Kier molecular flexibility index (Phi) is 5.32. The van der Waals surface area contributed by atoms with Crippen molar-refractivity contribution in [2.75, 3.05) is 18.1 Å². The van der Waals surface area contributed by atoms with Crippen LogP contribution < -0.4 is 5.73 Å². The molecule has 2 atom stereocenters. The third-order valence-electron chi connectivity index (χ3n) is 4.65. The molecule has 0 aromatic rings. The smallest absolute Gasteiger partial charge is 0.137 e. The summed E-state index contributed by atoms with van der Waals surface area (Å²) < 4.78 is 6.04. The topological polar surface area (TPSA) is 52.3 Å². The van der Waals surface area contributed by atoms with Gasteiger partial charge in [-0.2, -0.15) is 11.8 Å². The second-order valence-corrected chi connectivity index (χ2v) is 7.64. The molecule has 2 unspecified atom stereocenters. The van der Waals surface area contributed by atoms with Gasteiger partial charge >= 0.3 is 0 Å². The number of rotatable bonds is 4. The Bertz CT molecular complexity index is 308. The van der Waals surface area contributed by atoms with E-state index in [1.165, 1.54) is 11.5 Å². The Morgan fingerprint density at radius 2 is 2.11 bits per heavy atom. The fraction of sp³-hybridized carbons (Fsp3) is 0.933. The first kappa shape index (κ1) is 15.3. The average Bonchev–Trinajstić information content (AvgIpc) is 2.39. The van der Waals surface area contributed by atoms with Crippen LogP contribution in [0.2, 0.25) is 0 Å². The Morgan fingerprint density at radius 3 is 2.74 bits per heavy atom. The van der Waals surface area contributed by atoms with Gasteiger partial charge in [0.2, 0.25) is 0 Å². The lowest BCUT2D eigenvalue weighted by Crippen LogP contribution is -2.45. The van der Waals surface area contributed by atoms with Gasteiger partial charge in [0.05, 0.1) is 5.60 Å². The fourth-order valence-corrected chi connectivity index (χ4v) is 4.27. The van der Waals surface area contributed by atoms with Crippen LogP contribution in [0.5, 0.6) is 0 Å². The van der Waals surface area contributed by atoms with Gasteiger partial charge in [0, 0.05) is 25.0 Å². The van der Waals surface area contributed by atoms with Crippen molar-refractivity contribution >= 4 is 17.5 Å². The van der Waals surface area contributed by atoms with E-state index in [1.807, 2.05) is 11.8 Å². The number of hydrogen-bond acceptors (Lipinski definition) is 4. The zero-order valence-electron chi connectivity index (χ0n) is 12.2. The summed E-state index contributed by atoms with van der Waals surface area (Å²) in [7, 11) is 0. The van der Waals surface area contributed by atoms with Crippen molar-refractivity contribution in [2.24, 2.45) is 17.6 Å². The predicted molar refractivity (Wildman–Crippen MR) is 80.4 cm³/mol. The molecule has 19 heavy (non-hydrogen) atoms. The van der Waals surface area contributed by atoms with Gasteiger partial charge in [0.15, 0.2) is 0 Å². The number of nitrogens with two attached hydrogens (primary N) is 1. The minimum Gasteiger partial charge on any atom is -0.375 e. The summed E-state index contributed by atoms with van der Waals surface area (Å²) in [6.45, 7) is 4.92. The molecule has 0 amide bonds. The molecule has 0 bridgehead atoms. The van der Waals surface area contributed by atoms with Crippen LogP contribution in [0.1, 0.15) is 46.0 Å². The maximum atomic E-state index is 12.4. The summed E-state index contributed by atoms with van der Waals surface area (Å²) in [6.07, 6.45) is 4.57. The van der Waals surface area contributed by atoms with Crippen LogP contribution in [-0.4, -0.2) is 35.5 Å². The summed E-state index contributed by atoms with van der Waals surface area (Å²) in [5.74, 6) is 3.27. The first-order chi connectivity index (χ1) is 9.02. The standard InChI is InChI=1S/C15H27NO2S/c1-11(2)13(16)9-14(17)12-3-6-18-15(10-12)4-7-19-8-5-15/h11-13H,3-10,16H2,1-2H3. The quantitative estimate of drug-likeness (QED) is 0.862. The lowest BCUT2D eigenvalue weighted by atomic mass is 9.78. The molecule has 2 fully saturated rings. The van der Waals surface area contributed by atoms with E-state index in [9.17, 15) is 4.79 Å². The van der Waals surface area contributed by atoms with Crippen molar-refractivity contribution in [3.63, 3.8) is 0 Å². The predicted octanol–water partition coefficient (Wildman–Crippen LogP) is 2.62. The summed E-state index contributed by atoms with van der Waals surface area (Å²) in [4.78, 5) is 12.4. The van der Waals surface area contributed by atoms with Gasteiger partial charge in [-0.25, -0.2) is 0 Å². The zero-order chi connectivity index (χ0) is 13.9. The lowest BCUT2D eigenvalue weighted by molar-refractivity contribution is -0.138. The molecule has 0 radical (unpaired) electrons. The second-order valence-electron chi connectivity index (χ2n) is 6.41. The molecule has 4 heteroatoms. The Morgan fingerprint density at radius 1 is 1.42 bits per heavy atom. The number of ether oxygens (including phenoxy) is 1. The highest BCUT2D eigenvalue weighted by Crippen LogP contribution is 2.40. The fourth-order valence-electron chi connectivity index (χ4n) is 3.03. The van der Waals surface area contributed by atoms with E-state index < -0.39 is 0 Å². The van der Waals surface area contributed by atoms with Crippen molar-refractivity contribution in [2.45, 2.75) is 57.6 Å². The summed E-state index contributed by atoms with van der Waals surface area (Å²) >= 11 is 2.00. The molecule has 0 saturated carbocycles. The zero-order valence-corrected chi connectivity index (χ0v) is 13.0. The van der Waals surface area contributed by atoms with Crippen molar-refractivity contribution in [3.8, 4) is 0 Å².